The van der Waals surface area contributed by atoms with E-state index in [-0.39, 0.29) is 5.91 Å². The molecule has 0 bridgehead atoms. The van der Waals surface area contributed by atoms with Crippen LogP contribution in [-0.4, -0.2) is 19.1 Å². The first-order valence-electron chi connectivity index (χ1n) is 5.29. The SMILES string of the molecule is C=CCOc1ccc(CCNC(C)=O)cc1. The lowest BCUT2D eigenvalue weighted by Gasteiger charge is -2.05. The van der Waals surface area contributed by atoms with Crippen molar-refractivity contribution in [3.05, 3.63) is 42.5 Å². The van der Waals surface area contributed by atoms with Gasteiger partial charge in [0, 0.05) is 13.5 Å². The molecule has 0 aliphatic heterocycles. The van der Waals surface area contributed by atoms with Crippen molar-refractivity contribution in [3.8, 4) is 5.75 Å². The number of ether oxygens (including phenoxy) is 1. The number of hydrogen-bond acceptors (Lipinski definition) is 2. The Morgan fingerprint density at radius 1 is 1.44 bits per heavy atom. The molecule has 1 rings (SSSR count). The number of benzene rings is 1. The van der Waals surface area contributed by atoms with Gasteiger partial charge in [0.05, 0.1) is 0 Å². The Morgan fingerprint density at radius 2 is 2.12 bits per heavy atom. The molecule has 0 unspecified atom stereocenters. The van der Waals surface area contributed by atoms with Gasteiger partial charge < -0.3 is 10.1 Å². The Bertz CT molecular complexity index is 343. The minimum absolute atomic E-state index is 0.00550. The molecule has 0 spiro atoms. The van der Waals surface area contributed by atoms with Crippen molar-refractivity contribution in [2.24, 2.45) is 0 Å². The highest BCUT2D eigenvalue weighted by molar-refractivity contribution is 5.72. The van der Waals surface area contributed by atoms with Crippen LogP contribution in [-0.2, 0) is 11.2 Å². The zero-order valence-electron chi connectivity index (χ0n) is 9.53. The average molecular weight is 219 g/mol. The molecule has 86 valence electrons. The van der Waals surface area contributed by atoms with Crippen LogP contribution in [0.25, 0.3) is 0 Å². The van der Waals surface area contributed by atoms with E-state index in [0.29, 0.717) is 13.2 Å². The van der Waals surface area contributed by atoms with Gasteiger partial charge in [-0.3, -0.25) is 4.79 Å². The molecule has 1 aromatic rings. The summed E-state index contributed by atoms with van der Waals surface area (Å²) >= 11 is 0. The molecule has 1 N–H and O–H groups in total. The molecule has 0 saturated carbocycles. The average Bonchev–Trinajstić information content (AvgIpc) is 2.27. The molecule has 0 saturated heterocycles. The van der Waals surface area contributed by atoms with Gasteiger partial charge >= 0.3 is 0 Å². The predicted octanol–water partition coefficient (Wildman–Crippen LogP) is 1.93. The van der Waals surface area contributed by atoms with Crippen LogP contribution in [0, 0.1) is 0 Å². The topological polar surface area (TPSA) is 38.3 Å². The van der Waals surface area contributed by atoms with Crippen molar-refractivity contribution in [2.75, 3.05) is 13.2 Å². The summed E-state index contributed by atoms with van der Waals surface area (Å²) in [4.78, 5) is 10.7. The Hall–Kier alpha value is -1.77. The molecule has 0 aliphatic carbocycles. The van der Waals surface area contributed by atoms with E-state index in [9.17, 15) is 4.79 Å². The lowest BCUT2D eigenvalue weighted by Crippen LogP contribution is -2.22. The number of rotatable bonds is 6. The number of carbonyl (C=O) groups excluding carboxylic acids is 1. The van der Waals surface area contributed by atoms with Gasteiger partial charge in [-0.05, 0) is 24.1 Å². The number of hydrogen-bond donors (Lipinski definition) is 1. The van der Waals surface area contributed by atoms with Crippen molar-refractivity contribution < 1.29 is 9.53 Å². The zero-order chi connectivity index (χ0) is 11.8. The van der Waals surface area contributed by atoms with Crippen LogP contribution in [0.4, 0.5) is 0 Å². The Morgan fingerprint density at radius 3 is 2.69 bits per heavy atom. The highest BCUT2D eigenvalue weighted by atomic mass is 16.5. The van der Waals surface area contributed by atoms with E-state index >= 15 is 0 Å². The zero-order valence-corrected chi connectivity index (χ0v) is 9.53. The lowest BCUT2D eigenvalue weighted by molar-refractivity contribution is -0.118. The molecule has 1 aromatic carbocycles. The van der Waals surface area contributed by atoms with Gasteiger partial charge in [0.2, 0.25) is 5.91 Å². The fourth-order valence-electron chi connectivity index (χ4n) is 1.29. The maximum Gasteiger partial charge on any atom is 0.216 e. The van der Waals surface area contributed by atoms with Crippen molar-refractivity contribution in [3.63, 3.8) is 0 Å². The quantitative estimate of drug-likeness (QED) is 0.742. The summed E-state index contributed by atoms with van der Waals surface area (Å²) in [7, 11) is 0. The van der Waals surface area contributed by atoms with Crippen LogP contribution in [0.1, 0.15) is 12.5 Å². The summed E-state index contributed by atoms with van der Waals surface area (Å²) in [5, 5.41) is 2.76. The highest BCUT2D eigenvalue weighted by Gasteiger charge is 1.96. The van der Waals surface area contributed by atoms with Crippen LogP contribution in [0.2, 0.25) is 0 Å². The van der Waals surface area contributed by atoms with Gasteiger partial charge in [0.1, 0.15) is 12.4 Å². The second kappa shape index (κ2) is 6.67. The molecule has 0 aliphatic rings. The monoisotopic (exact) mass is 219 g/mol. The van der Waals surface area contributed by atoms with E-state index in [1.807, 2.05) is 24.3 Å². The number of nitrogens with one attached hydrogen (secondary N) is 1. The smallest absolute Gasteiger partial charge is 0.216 e. The third kappa shape index (κ3) is 4.64. The van der Waals surface area contributed by atoms with Gasteiger partial charge in [0.15, 0.2) is 0 Å². The van der Waals surface area contributed by atoms with Gasteiger partial charge in [0.25, 0.3) is 0 Å². The van der Waals surface area contributed by atoms with Crippen LogP contribution >= 0.6 is 0 Å². The summed E-state index contributed by atoms with van der Waals surface area (Å²) in [5.41, 5.74) is 1.18. The third-order valence-electron chi connectivity index (χ3n) is 2.08. The lowest BCUT2D eigenvalue weighted by atomic mass is 10.1. The van der Waals surface area contributed by atoms with Crippen molar-refractivity contribution in [1.82, 2.24) is 5.32 Å². The highest BCUT2D eigenvalue weighted by Crippen LogP contribution is 2.12. The molecular weight excluding hydrogens is 202 g/mol. The van der Waals surface area contributed by atoms with E-state index in [4.69, 9.17) is 4.74 Å². The van der Waals surface area contributed by atoms with Crippen molar-refractivity contribution >= 4 is 5.91 Å². The molecule has 3 nitrogen and oxygen atoms in total. The Balaban J connectivity index is 2.38. The molecule has 0 fully saturated rings. The maximum atomic E-state index is 10.7. The molecule has 0 aromatic heterocycles. The first-order chi connectivity index (χ1) is 7.72. The largest absolute Gasteiger partial charge is 0.490 e. The van der Waals surface area contributed by atoms with Gasteiger partial charge in [-0.15, -0.1) is 0 Å². The standard InChI is InChI=1S/C13H17NO2/c1-3-10-16-13-6-4-12(5-7-13)8-9-14-11(2)15/h3-7H,1,8-10H2,2H3,(H,14,15). The Kier molecular flexibility index (Phi) is 5.12. The van der Waals surface area contributed by atoms with E-state index < -0.39 is 0 Å². The van der Waals surface area contributed by atoms with Gasteiger partial charge in [-0.1, -0.05) is 24.8 Å². The number of carbonyl (C=O) groups is 1. The summed E-state index contributed by atoms with van der Waals surface area (Å²) in [6, 6.07) is 7.85. The minimum atomic E-state index is 0.00550. The van der Waals surface area contributed by atoms with Gasteiger partial charge in [-0.25, -0.2) is 0 Å². The van der Waals surface area contributed by atoms with Crippen molar-refractivity contribution in [1.29, 1.82) is 0 Å². The van der Waals surface area contributed by atoms with E-state index in [1.54, 1.807) is 6.08 Å². The van der Waals surface area contributed by atoms with Crippen LogP contribution in [0.5, 0.6) is 5.75 Å². The third-order valence-corrected chi connectivity index (χ3v) is 2.08. The fraction of sp³-hybridized carbons (Fsp3) is 0.308. The maximum absolute atomic E-state index is 10.7. The summed E-state index contributed by atoms with van der Waals surface area (Å²) < 4.78 is 5.37. The minimum Gasteiger partial charge on any atom is -0.490 e. The molecule has 3 heteroatoms. The van der Waals surface area contributed by atoms with Gasteiger partial charge in [-0.2, -0.15) is 0 Å². The molecule has 1 amide bonds. The molecular formula is C13H17NO2. The molecule has 16 heavy (non-hydrogen) atoms. The Labute approximate surface area is 96.1 Å². The van der Waals surface area contributed by atoms with Crippen LogP contribution < -0.4 is 10.1 Å². The molecule has 0 atom stereocenters. The van der Waals surface area contributed by atoms with Crippen molar-refractivity contribution in [2.45, 2.75) is 13.3 Å². The van der Waals surface area contributed by atoms with Crippen LogP contribution in [0.3, 0.4) is 0 Å². The molecule has 0 radical (unpaired) electrons. The van der Waals surface area contributed by atoms with E-state index in [2.05, 4.69) is 11.9 Å². The van der Waals surface area contributed by atoms with E-state index in [1.165, 1.54) is 12.5 Å². The summed E-state index contributed by atoms with van der Waals surface area (Å²) in [6.45, 7) is 6.29. The normalized spacial score (nSPS) is 9.56. The summed E-state index contributed by atoms with van der Waals surface area (Å²) in [5.74, 6) is 0.842. The second-order valence-corrected chi connectivity index (χ2v) is 3.48. The summed E-state index contributed by atoms with van der Waals surface area (Å²) in [6.07, 6.45) is 2.55. The first kappa shape index (κ1) is 12.3. The first-order valence-corrected chi connectivity index (χ1v) is 5.29. The van der Waals surface area contributed by atoms with Crippen LogP contribution in [0.15, 0.2) is 36.9 Å². The van der Waals surface area contributed by atoms with E-state index in [0.717, 1.165) is 12.2 Å². The molecule has 0 heterocycles. The number of amides is 1. The fourth-order valence-corrected chi connectivity index (χ4v) is 1.29. The second-order valence-electron chi connectivity index (χ2n) is 3.48. The predicted molar refractivity (Wildman–Crippen MR) is 64.5 cm³/mol.